The molecule has 1 unspecified atom stereocenters. The van der Waals surface area contributed by atoms with E-state index in [1.54, 1.807) is 0 Å². The first-order chi connectivity index (χ1) is 10.5. The van der Waals surface area contributed by atoms with E-state index in [-0.39, 0.29) is 0 Å². The number of nitrogens with one attached hydrogen (secondary N) is 1. The summed E-state index contributed by atoms with van der Waals surface area (Å²) in [6.45, 7) is 10.4. The van der Waals surface area contributed by atoms with Crippen LogP contribution in [0.15, 0.2) is 35.4 Å². The lowest BCUT2D eigenvalue weighted by Crippen LogP contribution is -2.07. The first kappa shape index (κ1) is 16.1. The largest absolute Gasteiger partial charge is 0.245 e. The van der Waals surface area contributed by atoms with Gasteiger partial charge in [-0.2, -0.15) is 5.10 Å². The summed E-state index contributed by atoms with van der Waals surface area (Å²) >= 11 is 0. The second-order valence-corrected chi connectivity index (χ2v) is 5.68. The molecule has 1 aromatic carbocycles. The number of hydrazone groups is 1. The molecule has 4 heteroatoms. The molecule has 0 spiro atoms. The number of hydrogen-bond donors (Lipinski definition) is 1. The fourth-order valence-electron chi connectivity index (χ4n) is 2.45. The highest BCUT2D eigenvalue weighted by molar-refractivity contribution is 6.00. The summed E-state index contributed by atoms with van der Waals surface area (Å²) < 4.78 is 0. The minimum absolute atomic E-state index is 0.513. The molecule has 0 radical (unpaired) electrons. The third kappa shape index (κ3) is 3.91. The number of hydrogen-bond acceptors (Lipinski definition) is 4. The lowest BCUT2D eigenvalue weighted by molar-refractivity contribution is 0.732. The van der Waals surface area contributed by atoms with E-state index >= 15 is 0 Å². The molecule has 0 aliphatic rings. The van der Waals surface area contributed by atoms with Gasteiger partial charge in [0.15, 0.2) is 0 Å². The molecule has 4 nitrogen and oxygen atoms in total. The van der Waals surface area contributed by atoms with Gasteiger partial charge >= 0.3 is 0 Å². The van der Waals surface area contributed by atoms with Crippen molar-refractivity contribution in [3.8, 4) is 0 Å². The van der Waals surface area contributed by atoms with E-state index in [1.165, 1.54) is 11.1 Å². The van der Waals surface area contributed by atoms with Crippen LogP contribution in [0.4, 0.5) is 5.95 Å². The Bertz CT molecular complexity index is 656. The fourth-order valence-corrected chi connectivity index (χ4v) is 2.45. The monoisotopic (exact) mass is 296 g/mol. The SMILES string of the molecule is CCC(C)c1ccccc1C(C)=NNc1nc(C)cc(C)n1. The molecule has 0 aliphatic heterocycles. The van der Waals surface area contributed by atoms with Crippen molar-refractivity contribution in [2.45, 2.75) is 47.0 Å². The van der Waals surface area contributed by atoms with E-state index in [1.807, 2.05) is 32.9 Å². The molecule has 1 heterocycles. The van der Waals surface area contributed by atoms with Gasteiger partial charge in [0.05, 0.1) is 5.71 Å². The van der Waals surface area contributed by atoms with Gasteiger partial charge in [0.25, 0.3) is 0 Å². The molecule has 1 N–H and O–H groups in total. The van der Waals surface area contributed by atoms with Crippen LogP contribution in [-0.2, 0) is 0 Å². The van der Waals surface area contributed by atoms with Crippen LogP contribution in [0.1, 0.15) is 55.6 Å². The summed E-state index contributed by atoms with van der Waals surface area (Å²) in [4.78, 5) is 8.69. The summed E-state index contributed by atoms with van der Waals surface area (Å²) in [5.74, 6) is 1.05. The maximum absolute atomic E-state index is 4.47. The Morgan fingerprint density at radius 3 is 2.45 bits per heavy atom. The lowest BCUT2D eigenvalue weighted by Gasteiger charge is -2.14. The number of aromatic nitrogens is 2. The maximum Gasteiger partial charge on any atom is 0.243 e. The van der Waals surface area contributed by atoms with Gasteiger partial charge in [0.2, 0.25) is 5.95 Å². The van der Waals surface area contributed by atoms with Gasteiger partial charge in [-0.1, -0.05) is 38.1 Å². The van der Waals surface area contributed by atoms with Crippen LogP contribution in [-0.4, -0.2) is 15.7 Å². The van der Waals surface area contributed by atoms with Gasteiger partial charge in [0, 0.05) is 17.0 Å². The Morgan fingerprint density at radius 2 is 1.82 bits per heavy atom. The van der Waals surface area contributed by atoms with Crippen molar-refractivity contribution >= 4 is 11.7 Å². The molecular weight excluding hydrogens is 272 g/mol. The van der Waals surface area contributed by atoms with Gasteiger partial charge in [0.1, 0.15) is 0 Å². The van der Waals surface area contributed by atoms with Gasteiger partial charge in [-0.3, -0.25) is 0 Å². The van der Waals surface area contributed by atoms with Crippen molar-refractivity contribution in [3.63, 3.8) is 0 Å². The zero-order valence-corrected chi connectivity index (χ0v) is 14.0. The summed E-state index contributed by atoms with van der Waals surface area (Å²) in [7, 11) is 0. The van der Waals surface area contributed by atoms with Gasteiger partial charge in [-0.15, -0.1) is 0 Å². The molecule has 0 aliphatic carbocycles. The van der Waals surface area contributed by atoms with E-state index in [2.05, 4.69) is 52.5 Å². The first-order valence-corrected chi connectivity index (χ1v) is 7.73. The van der Waals surface area contributed by atoms with E-state index in [9.17, 15) is 0 Å². The molecule has 0 bridgehead atoms. The average Bonchev–Trinajstić information content (AvgIpc) is 2.51. The minimum atomic E-state index is 0.513. The summed E-state index contributed by atoms with van der Waals surface area (Å²) in [5.41, 5.74) is 8.29. The zero-order valence-electron chi connectivity index (χ0n) is 14.0. The molecule has 2 rings (SSSR count). The Labute approximate surface area is 132 Å². The Morgan fingerprint density at radius 1 is 1.18 bits per heavy atom. The summed E-state index contributed by atoms with van der Waals surface area (Å²) in [5, 5.41) is 4.47. The minimum Gasteiger partial charge on any atom is -0.245 e. The van der Waals surface area contributed by atoms with Gasteiger partial charge in [-0.05, 0) is 44.7 Å². The Hall–Kier alpha value is -2.23. The van der Waals surface area contributed by atoms with Crippen molar-refractivity contribution in [3.05, 3.63) is 52.8 Å². The third-order valence-electron chi connectivity index (χ3n) is 3.80. The van der Waals surface area contributed by atoms with Crippen LogP contribution in [0.2, 0.25) is 0 Å². The van der Waals surface area contributed by atoms with Crippen LogP contribution < -0.4 is 5.43 Å². The molecule has 22 heavy (non-hydrogen) atoms. The van der Waals surface area contributed by atoms with Crippen molar-refractivity contribution in [1.29, 1.82) is 0 Å². The summed E-state index contributed by atoms with van der Waals surface area (Å²) in [6, 6.07) is 10.4. The van der Waals surface area contributed by atoms with E-state index in [0.717, 1.165) is 23.5 Å². The van der Waals surface area contributed by atoms with Crippen LogP contribution in [0, 0.1) is 13.8 Å². The highest BCUT2D eigenvalue weighted by atomic mass is 15.4. The number of aryl methyl sites for hydroxylation is 2. The van der Waals surface area contributed by atoms with Crippen molar-refractivity contribution in [1.82, 2.24) is 9.97 Å². The van der Waals surface area contributed by atoms with E-state index in [0.29, 0.717) is 11.9 Å². The standard InChI is InChI=1S/C18H24N4/c1-6-12(2)16-9-7-8-10-17(16)15(5)21-22-18-19-13(3)11-14(4)20-18/h7-12H,6H2,1-5H3,(H,19,20,22). The Balaban J connectivity index is 2.26. The zero-order chi connectivity index (χ0) is 16.1. The van der Waals surface area contributed by atoms with Crippen molar-refractivity contribution < 1.29 is 0 Å². The molecule has 0 saturated heterocycles. The number of anilines is 1. The lowest BCUT2D eigenvalue weighted by atomic mass is 9.92. The molecule has 1 aromatic heterocycles. The second kappa shape index (κ2) is 7.16. The molecule has 0 fully saturated rings. The smallest absolute Gasteiger partial charge is 0.243 e. The van der Waals surface area contributed by atoms with Crippen LogP contribution in [0.5, 0.6) is 0 Å². The predicted molar refractivity (Wildman–Crippen MR) is 92.5 cm³/mol. The van der Waals surface area contributed by atoms with E-state index in [4.69, 9.17) is 0 Å². The number of benzene rings is 1. The number of nitrogens with zero attached hydrogens (tertiary/aromatic N) is 3. The molecule has 0 amide bonds. The molecule has 116 valence electrons. The van der Waals surface area contributed by atoms with E-state index < -0.39 is 0 Å². The molecule has 2 aromatic rings. The number of rotatable bonds is 5. The van der Waals surface area contributed by atoms with Crippen LogP contribution in [0.3, 0.4) is 0 Å². The quantitative estimate of drug-likeness (QED) is 0.655. The van der Waals surface area contributed by atoms with Crippen LogP contribution >= 0.6 is 0 Å². The predicted octanol–water partition coefficient (Wildman–Crippen LogP) is 4.44. The second-order valence-electron chi connectivity index (χ2n) is 5.68. The Kier molecular flexibility index (Phi) is 5.26. The normalized spacial score (nSPS) is 13.0. The molecular formula is C18H24N4. The van der Waals surface area contributed by atoms with Gasteiger partial charge in [-0.25, -0.2) is 15.4 Å². The topological polar surface area (TPSA) is 50.2 Å². The molecule has 0 saturated carbocycles. The molecule has 1 atom stereocenters. The van der Waals surface area contributed by atoms with Crippen molar-refractivity contribution in [2.75, 3.05) is 5.43 Å². The third-order valence-corrected chi connectivity index (χ3v) is 3.80. The fraction of sp³-hybridized carbons (Fsp3) is 0.389. The van der Waals surface area contributed by atoms with Crippen molar-refractivity contribution in [2.24, 2.45) is 5.10 Å². The van der Waals surface area contributed by atoms with Crippen LogP contribution in [0.25, 0.3) is 0 Å². The maximum atomic E-state index is 4.47. The highest BCUT2D eigenvalue weighted by Gasteiger charge is 2.10. The first-order valence-electron chi connectivity index (χ1n) is 7.73. The van der Waals surface area contributed by atoms with Gasteiger partial charge < -0.3 is 0 Å². The summed E-state index contributed by atoms with van der Waals surface area (Å²) in [6.07, 6.45) is 1.11. The average molecular weight is 296 g/mol. The highest BCUT2D eigenvalue weighted by Crippen LogP contribution is 2.23.